The smallest absolute Gasteiger partial charge is 0.0588 e. The molecule has 2 nitrogen and oxygen atoms in total. The molecule has 1 heterocycles. The Bertz CT molecular complexity index is 333. The van der Waals surface area contributed by atoms with Crippen LogP contribution in [0.15, 0.2) is 28.7 Å². The fraction of sp³-hybridized carbons (Fsp3) is 0.571. The topological polar surface area (TPSA) is 21.3 Å². The first kappa shape index (κ1) is 13.1. The molecule has 1 fully saturated rings. The highest BCUT2D eigenvalue weighted by molar-refractivity contribution is 9.10. The summed E-state index contributed by atoms with van der Waals surface area (Å²) in [5.41, 5.74) is 1.33. The molecule has 2 atom stereocenters. The number of hydrogen-bond donors (Lipinski definition) is 1. The molecule has 1 N–H and O–H groups in total. The summed E-state index contributed by atoms with van der Waals surface area (Å²) >= 11 is 3.45. The molecule has 0 aromatic heterocycles. The van der Waals surface area contributed by atoms with Crippen molar-refractivity contribution in [3.05, 3.63) is 34.3 Å². The van der Waals surface area contributed by atoms with Crippen LogP contribution in [0.25, 0.3) is 0 Å². The molecule has 3 heteroatoms. The van der Waals surface area contributed by atoms with E-state index in [1.807, 2.05) is 0 Å². The second kappa shape index (κ2) is 6.53. The van der Waals surface area contributed by atoms with Gasteiger partial charge < -0.3 is 10.1 Å². The summed E-state index contributed by atoms with van der Waals surface area (Å²) in [6.07, 6.45) is 4.07. The van der Waals surface area contributed by atoms with E-state index in [2.05, 4.69) is 52.4 Å². The summed E-state index contributed by atoms with van der Waals surface area (Å²) in [6.45, 7) is 4.19. The quantitative estimate of drug-likeness (QED) is 0.895. The van der Waals surface area contributed by atoms with Crippen LogP contribution < -0.4 is 5.32 Å². The third kappa shape index (κ3) is 4.09. The van der Waals surface area contributed by atoms with Crippen LogP contribution in [0.2, 0.25) is 0 Å². The lowest BCUT2D eigenvalue weighted by Gasteiger charge is -2.16. The lowest BCUT2D eigenvalue weighted by molar-refractivity contribution is 0.103. The summed E-state index contributed by atoms with van der Waals surface area (Å²) in [4.78, 5) is 0. The van der Waals surface area contributed by atoms with Crippen molar-refractivity contribution in [3.63, 3.8) is 0 Å². The molecule has 0 bridgehead atoms. The first-order valence-corrected chi connectivity index (χ1v) is 7.15. The van der Waals surface area contributed by atoms with Gasteiger partial charge in [0.1, 0.15) is 0 Å². The first-order chi connectivity index (χ1) is 8.25. The standard InChI is InChI=1S/C14H20BrNO/c1-11(12-4-6-13(15)7-5-12)16-9-8-14-3-2-10-17-14/h4-7,11,14,16H,2-3,8-10H2,1H3/t11-,14?/m1/s1. The zero-order valence-electron chi connectivity index (χ0n) is 10.3. The number of ether oxygens (including phenoxy) is 1. The van der Waals surface area contributed by atoms with Crippen LogP contribution in [0.1, 0.15) is 37.8 Å². The van der Waals surface area contributed by atoms with Gasteiger partial charge in [0, 0.05) is 17.1 Å². The molecule has 1 aliphatic rings. The van der Waals surface area contributed by atoms with Gasteiger partial charge in [0.05, 0.1) is 6.10 Å². The van der Waals surface area contributed by atoms with Crippen molar-refractivity contribution in [2.24, 2.45) is 0 Å². The van der Waals surface area contributed by atoms with E-state index in [0.717, 1.165) is 24.0 Å². The normalized spacial score (nSPS) is 21.6. The molecule has 1 aromatic carbocycles. The summed E-state index contributed by atoms with van der Waals surface area (Å²) in [6, 6.07) is 8.91. The zero-order chi connectivity index (χ0) is 12.1. The Morgan fingerprint density at radius 1 is 1.41 bits per heavy atom. The Balaban J connectivity index is 1.72. The van der Waals surface area contributed by atoms with Crippen molar-refractivity contribution >= 4 is 15.9 Å². The third-order valence-corrected chi connectivity index (χ3v) is 3.84. The van der Waals surface area contributed by atoms with Crippen LogP contribution in [-0.4, -0.2) is 19.3 Å². The van der Waals surface area contributed by atoms with Gasteiger partial charge in [0.2, 0.25) is 0 Å². The lowest BCUT2D eigenvalue weighted by atomic mass is 10.1. The molecule has 2 rings (SSSR count). The van der Waals surface area contributed by atoms with Crippen LogP contribution in [0.3, 0.4) is 0 Å². The van der Waals surface area contributed by atoms with E-state index >= 15 is 0 Å². The molecule has 1 aromatic rings. The Hall–Kier alpha value is -0.380. The van der Waals surface area contributed by atoms with Crippen molar-refractivity contribution < 1.29 is 4.74 Å². The van der Waals surface area contributed by atoms with Gasteiger partial charge in [-0.3, -0.25) is 0 Å². The van der Waals surface area contributed by atoms with Crippen molar-refractivity contribution in [3.8, 4) is 0 Å². The third-order valence-electron chi connectivity index (χ3n) is 3.31. The highest BCUT2D eigenvalue weighted by atomic mass is 79.9. The molecular weight excluding hydrogens is 278 g/mol. The van der Waals surface area contributed by atoms with Gasteiger partial charge in [-0.25, -0.2) is 0 Å². The molecule has 0 spiro atoms. The second-order valence-corrected chi connectivity index (χ2v) is 5.57. The molecule has 1 aliphatic heterocycles. The molecule has 0 radical (unpaired) electrons. The number of benzene rings is 1. The molecule has 0 saturated carbocycles. The average molecular weight is 298 g/mol. The molecule has 1 saturated heterocycles. The van der Waals surface area contributed by atoms with Crippen LogP contribution >= 0.6 is 15.9 Å². The fourth-order valence-corrected chi connectivity index (χ4v) is 2.47. The molecule has 0 amide bonds. The van der Waals surface area contributed by atoms with E-state index in [9.17, 15) is 0 Å². The van der Waals surface area contributed by atoms with E-state index in [1.165, 1.54) is 18.4 Å². The van der Waals surface area contributed by atoms with Crippen LogP contribution in [0.5, 0.6) is 0 Å². The number of hydrogen-bond acceptors (Lipinski definition) is 2. The predicted octanol–water partition coefficient (Wildman–Crippen LogP) is 3.67. The van der Waals surface area contributed by atoms with Crippen molar-refractivity contribution in [2.45, 2.75) is 38.3 Å². The van der Waals surface area contributed by atoms with Crippen LogP contribution in [0, 0.1) is 0 Å². The fourth-order valence-electron chi connectivity index (χ4n) is 2.20. The molecular formula is C14H20BrNO. The van der Waals surface area contributed by atoms with Crippen LogP contribution in [0.4, 0.5) is 0 Å². The molecule has 0 aliphatic carbocycles. The Morgan fingerprint density at radius 2 is 2.18 bits per heavy atom. The van der Waals surface area contributed by atoms with Gasteiger partial charge in [-0.2, -0.15) is 0 Å². The average Bonchev–Trinajstić information content (AvgIpc) is 2.83. The van der Waals surface area contributed by atoms with Gasteiger partial charge in [0.15, 0.2) is 0 Å². The molecule has 94 valence electrons. The largest absolute Gasteiger partial charge is 0.378 e. The Labute approximate surface area is 112 Å². The summed E-state index contributed by atoms with van der Waals surface area (Å²) in [7, 11) is 0. The van der Waals surface area contributed by atoms with Gasteiger partial charge in [-0.15, -0.1) is 0 Å². The van der Waals surface area contributed by atoms with Gasteiger partial charge in [-0.1, -0.05) is 28.1 Å². The van der Waals surface area contributed by atoms with E-state index in [0.29, 0.717) is 12.1 Å². The first-order valence-electron chi connectivity index (χ1n) is 6.36. The van der Waals surface area contributed by atoms with Gasteiger partial charge in [0.25, 0.3) is 0 Å². The Morgan fingerprint density at radius 3 is 2.82 bits per heavy atom. The summed E-state index contributed by atoms with van der Waals surface area (Å²) in [5.74, 6) is 0. The molecule has 1 unspecified atom stereocenters. The van der Waals surface area contributed by atoms with Crippen molar-refractivity contribution in [2.75, 3.05) is 13.2 Å². The second-order valence-electron chi connectivity index (χ2n) is 4.65. The zero-order valence-corrected chi connectivity index (χ0v) is 11.9. The number of halogens is 1. The van der Waals surface area contributed by atoms with Gasteiger partial charge in [-0.05, 0) is 50.4 Å². The highest BCUT2D eigenvalue weighted by Crippen LogP contribution is 2.18. The SMILES string of the molecule is C[C@@H](NCCC1CCCO1)c1ccc(Br)cc1. The summed E-state index contributed by atoms with van der Waals surface area (Å²) in [5, 5.41) is 3.55. The monoisotopic (exact) mass is 297 g/mol. The molecule has 17 heavy (non-hydrogen) atoms. The van der Waals surface area contributed by atoms with E-state index in [4.69, 9.17) is 4.74 Å². The summed E-state index contributed by atoms with van der Waals surface area (Å²) < 4.78 is 6.74. The van der Waals surface area contributed by atoms with Crippen molar-refractivity contribution in [1.29, 1.82) is 0 Å². The number of nitrogens with one attached hydrogen (secondary N) is 1. The minimum Gasteiger partial charge on any atom is -0.378 e. The lowest BCUT2D eigenvalue weighted by Crippen LogP contribution is -2.23. The minimum absolute atomic E-state index is 0.407. The Kier molecular flexibility index (Phi) is 5.01. The number of rotatable bonds is 5. The van der Waals surface area contributed by atoms with Crippen LogP contribution in [-0.2, 0) is 4.74 Å². The minimum atomic E-state index is 0.407. The highest BCUT2D eigenvalue weighted by Gasteiger charge is 2.15. The van der Waals surface area contributed by atoms with E-state index in [-0.39, 0.29) is 0 Å². The van der Waals surface area contributed by atoms with Crippen molar-refractivity contribution in [1.82, 2.24) is 5.32 Å². The maximum Gasteiger partial charge on any atom is 0.0588 e. The maximum absolute atomic E-state index is 5.61. The van der Waals surface area contributed by atoms with E-state index < -0.39 is 0 Å². The maximum atomic E-state index is 5.61. The van der Waals surface area contributed by atoms with Gasteiger partial charge >= 0.3 is 0 Å². The van der Waals surface area contributed by atoms with E-state index in [1.54, 1.807) is 0 Å². The predicted molar refractivity (Wildman–Crippen MR) is 74.2 cm³/mol.